The summed E-state index contributed by atoms with van der Waals surface area (Å²) < 4.78 is 0. The third kappa shape index (κ3) is 7.28. The fourth-order valence-electron chi connectivity index (χ4n) is 0.542. The minimum atomic E-state index is 0.794. The van der Waals surface area contributed by atoms with Crippen molar-refractivity contribution in [3.63, 3.8) is 0 Å². The normalized spacial score (nSPS) is 11.7. The van der Waals surface area contributed by atoms with Gasteiger partial charge in [0.2, 0.25) is 0 Å². The average Bonchev–Trinajstić information content (AvgIpc) is 1.89. The molecular formula is C8H13O. The van der Waals surface area contributed by atoms with Crippen LogP contribution in [0.5, 0.6) is 0 Å². The van der Waals surface area contributed by atoms with Gasteiger partial charge in [-0.05, 0) is 12.5 Å². The molecule has 0 spiro atoms. The van der Waals surface area contributed by atoms with Crippen molar-refractivity contribution in [2.75, 3.05) is 0 Å². The molecule has 1 heteroatoms. The lowest BCUT2D eigenvalue weighted by atomic mass is 10.2. The van der Waals surface area contributed by atoms with Crippen LogP contribution in [0.4, 0.5) is 0 Å². The van der Waals surface area contributed by atoms with Crippen LogP contribution in [0.2, 0.25) is 0 Å². The summed E-state index contributed by atoms with van der Waals surface area (Å²) in [4.78, 5) is 0. The summed E-state index contributed by atoms with van der Waals surface area (Å²) >= 11 is 0. The minimum Gasteiger partial charge on any atom is -0.299 e. The van der Waals surface area contributed by atoms with E-state index in [1.165, 1.54) is 18.9 Å². The van der Waals surface area contributed by atoms with Gasteiger partial charge in [-0.3, -0.25) is 5.11 Å². The van der Waals surface area contributed by atoms with Gasteiger partial charge in [-0.15, -0.1) is 0 Å². The smallest absolute Gasteiger partial charge is 0.142 e. The van der Waals surface area contributed by atoms with Crippen molar-refractivity contribution in [1.29, 1.82) is 0 Å². The molecule has 51 valence electrons. The maximum Gasteiger partial charge on any atom is 0.142 e. The zero-order valence-corrected chi connectivity index (χ0v) is 5.84. The summed E-state index contributed by atoms with van der Waals surface area (Å²) in [6.45, 7) is 2.15. The molecule has 0 aromatic carbocycles. The molecule has 9 heavy (non-hydrogen) atoms. The van der Waals surface area contributed by atoms with Crippen molar-refractivity contribution in [3.05, 3.63) is 24.5 Å². The van der Waals surface area contributed by atoms with Crippen molar-refractivity contribution >= 4 is 0 Å². The fourth-order valence-corrected chi connectivity index (χ4v) is 0.542. The Morgan fingerprint density at radius 2 is 2.11 bits per heavy atom. The highest BCUT2D eigenvalue weighted by Crippen LogP contribution is 1.94. The van der Waals surface area contributed by atoms with Crippen LogP contribution in [0.25, 0.3) is 0 Å². The van der Waals surface area contributed by atoms with Gasteiger partial charge >= 0.3 is 0 Å². The maximum absolute atomic E-state index is 9.73. The van der Waals surface area contributed by atoms with Crippen molar-refractivity contribution in [3.8, 4) is 0 Å². The minimum absolute atomic E-state index is 0.794. The molecule has 0 N–H and O–H groups in total. The van der Waals surface area contributed by atoms with E-state index in [4.69, 9.17) is 0 Å². The zero-order valence-electron chi connectivity index (χ0n) is 5.84. The van der Waals surface area contributed by atoms with Gasteiger partial charge in [-0.2, -0.15) is 0 Å². The third-order valence-corrected chi connectivity index (χ3v) is 1.05. The lowest BCUT2D eigenvalue weighted by molar-refractivity contribution is 0.352. The maximum atomic E-state index is 9.73. The van der Waals surface area contributed by atoms with Gasteiger partial charge in [0.25, 0.3) is 0 Å². The molecule has 0 saturated heterocycles. The molecule has 0 fully saturated rings. The quantitative estimate of drug-likeness (QED) is 0.313. The standard InChI is InChI=1S/C8H13O/c1-2-3-4-5-6-7-8-9/h5-8H,2-4H2,1H3. The Labute approximate surface area is 56.7 Å². The van der Waals surface area contributed by atoms with Gasteiger partial charge in [-0.25, -0.2) is 0 Å². The van der Waals surface area contributed by atoms with Gasteiger partial charge in [0.05, 0.1) is 0 Å². The molecule has 0 aliphatic rings. The molecule has 1 nitrogen and oxygen atoms in total. The predicted molar refractivity (Wildman–Crippen MR) is 38.5 cm³/mol. The molecular weight excluding hydrogens is 112 g/mol. The Balaban J connectivity index is 3.04. The van der Waals surface area contributed by atoms with E-state index in [0.29, 0.717) is 0 Å². The van der Waals surface area contributed by atoms with Crippen LogP contribution in [0.3, 0.4) is 0 Å². The summed E-state index contributed by atoms with van der Waals surface area (Å²) in [5.41, 5.74) is 0. The Kier molecular flexibility index (Phi) is 6.70. The predicted octanol–water partition coefficient (Wildman–Crippen LogP) is 2.68. The van der Waals surface area contributed by atoms with Crippen LogP contribution in [0, 0.1) is 0 Å². The second kappa shape index (κ2) is 7.28. The van der Waals surface area contributed by atoms with Crippen molar-refractivity contribution in [2.45, 2.75) is 26.2 Å². The van der Waals surface area contributed by atoms with Crippen molar-refractivity contribution in [2.24, 2.45) is 0 Å². The summed E-state index contributed by atoms with van der Waals surface area (Å²) in [7, 11) is 0. The van der Waals surface area contributed by atoms with Crippen LogP contribution >= 0.6 is 0 Å². The number of unbranched alkanes of at least 4 members (excludes halogenated alkanes) is 2. The first-order valence-electron chi connectivity index (χ1n) is 3.35. The van der Waals surface area contributed by atoms with Gasteiger partial charge in [0, 0.05) is 0 Å². The van der Waals surface area contributed by atoms with E-state index < -0.39 is 0 Å². The Morgan fingerprint density at radius 3 is 2.67 bits per heavy atom. The topological polar surface area (TPSA) is 19.9 Å². The summed E-state index contributed by atoms with van der Waals surface area (Å²) in [6, 6.07) is 0. The summed E-state index contributed by atoms with van der Waals surface area (Å²) in [6.07, 6.45) is 9.62. The monoisotopic (exact) mass is 125 g/mol. The molecule has 0 aliphatic carbocycles. The third-order valence-electron chi connectivity index (χ3n) is 1.05. The number of hydrogen-bond acceptors (Lipinski definition) is 0. The Morgan fingerprint density at radius 1 is 1.33 bits per heavy atom. The largest absolute Gasteiger partial charge is 0.299 e. The van der Waals surface area contributed by atoms with Gasteiger partial charge < -0.3 is 0 Å². The molecule has 0 aromatic rings. The zero-order chi connectivity index (χ0) is 6.95. The second-order valence-electron chi connectivity index (χ2n) is 1.90. The fraction of sp³-hybridized carbons (Fsp3) is 0.500. The van der Waals surface area contributed by atoms with Crippen LogP contribution in [0.15, 0.2) is 24.5 Å². The molecule has 0 bridgehead atoms. The molecule has 0 unspecified atom stereocenters. The van der Waals surface area contributed by atoms with E-state index in [2.05, 4.69) is 6.92 Å². The van der Waals surface area contributed by atoms with E-state index >= 15 is 0 Å². The van der Waals surface area contributed by atoms with Crippen LogP contribution < -0.4 is 0 Å². The van der Waals surface area contributed by atoms with Crippen LogP contribution in [-0.4, -0.2) is 0 Å². The van der Waals surface area contributed by atoms with E-state index in [9.17, 15) is 5.11 Å². The second-order valence-corrected chi connectivity index (χ2v) is 1.90. The SMILES string of the molecule is CCCCC=CC=C[O]. The van der Waals surface area contributed by atoms with Crippen molar-refractivity contribution in [1.82, 2.24) is 0 Å². The first kappa shape index (κ1) is 8.28. The van der Waals surface area contributed by atoms with Gasteiger partial charge in [0.1, 0.15) is 6.26 Å². The van der Waals surface area contributed by atoms with E-state index in [1.807, 2.05) is 6.08 Å². The number of rotatable bonds is 4. The summed E-state index contributed by atoms with van der Waals surface area (Å²) in [5, 5.41) is 9.73. The summed E-state index contributed by atoms with van der Waals surface area (Å²) in [5.74, 6) is 0. The first-order chi connectivity index (χ1) is 4.41. The van der Waals surface area contributed by atoms with E-state index in [0.717, 1.165) is 12.7 Å². The van der Waals surface area contributed by atoms with Crippen molar-refractivity contribution < 1.29 is 5.11 Å². The highest BCUT2D eigenvalue weighted by atomic mass is 16.2. The van der Waals surface area contributed by atoms with E-state index in [-0.39, 0.29) is 0 Å². The van der Waals surface area contributed by atoms with Gasteiger partial charge in [-0.1, -0.05) is 31.9 Å². The molecule has 1 radical (unpaired) electrons. The highest BCUT2D eigenvalue weighted by molar-refractivity contribution is 4.98. The molecule has 0 atom stereocenters. The van der Waals surface area contributed by atoms with E-state index in [1.54, 1.807) is 6.08 Å². The molecule has 0 heterocycles. The molecule has 0 aromatic heterocycles. The highest BCUT2D eigenvalue weighted by Gasteiger charge is 1.74. The van der Waals surface area contributed by atoms with Crippen LogP contribution in [0.1, 0.15) is 26.2 Å². The molecule has 0 saturated carbocycles. The number of hydrogen-bond donors (Lipinski definition) is 0. The lowest BCUT2D eigenvalue weighted by Gasteiger charge is -1.84. The lowest BCUT2D eigenvalue weighted by Crippen LogP contribution is -1.64. The number of allylic oxidation sites excluding steroid dienone is 3. The van der Waals surface area contributed by atoms with Crippen LogP contribution in [-0.2, 0) is 5.11 Å². The molecule has 0 amide bonds. The Hall–Kier alpha value is -0.720. The molecule has 0 rings (SSSR count). The Bertz CT molecular complexity index is 92.7. The molecule has 0 aliphatic heterocycles. The first-order valence-corrected chi connectivity index (χ1v) is 3.35. The van der Waals surface area contributed by atoms with Gasteiger partial charge in [0.15, 0.2) is 0 Å². The average molecular weight is 125 g/mol.